The lowest BCUT2D eigenvalue weighted by Gasteiger charge is -2.29. The van der Waals surface area contributed by atoms with Gasteiger partial charge in [-0.25, -0.2) is 0 Å². The minimum Gasteiger partial charge on any atom is -0.393 e. The van der Waals surface area contributed by atoms with Crippen molar-refractivity contribution in [2.24, 2.45) is 5.92 Å². The number of piperidine rings is 1. The largest absolute Gasteiger partial charge is 0.393 e. The van der Waals surface area contributed by atoms with Crippen LogP contribution in [-0.4, -0.2) is 36.5 Å². The number of likely N-dealkylation sites (tertiary alicyclic amines) is 1. The molecule has 0 atom stereocenters. The Kier molecular flexibility index (Phi) is 4.21. The van der Waals surface area contributed by atoms with Crippen molar-refractivity contribution in [3.63, 3.8) is 0 Å². The second kappa shape index (κ2) is 5.88. The number of nitro groups is 1. The molecule has 1 heterocycles. The van der Waals surface area contributed by atoms with Gasteiger partial charge in [-0.3, -0.25) is 10.1 Å². The molecule has 6 heteroatoms. The van der Waals surface area contributed by atoms with Crippen LogP contribution in [0.25, 0.3) is 0 Å². The van der Waals surface area contributed by atoms with Gasteiger partial charge in [0.25, 0.3) is 5.69 Å². The zero-order chi connectivity index (χ0) is 13.8. The number of nitrogens with two attached hydrogens (primary N) is 1. The fraction of sp³-hybridized carbons (Fsp3) is 0.538. The van der Waals surface area contributed by atoms with Gasteiger partial charge in [-0.05, 0) is 51.0 Å². The first kappa shape index (κ1) is 13.6. The van der Waals surface area contributed by atoms with Crippen LogP contribution in [0.5, 0.6) is 0 Å². The van der Waals surface area contributed by atoms with E-state index in [2.05, 4.69) is 17.3 Å². The van der Waals surface area contributed by atoms with Crippen LogP contribution in [0.1, 0.15) is 12.8 Å². The molecule has 1 aromatic rings. The normalized spacial score (nSPS) is 17.3. The van der Waals surface area contributed by atoms with E-state index in [1.807, 2.05) is 0 Å². The molecule has 0 unspecified atom stereocenters. The Balaban J connectivity index is 1.89. The monoisotopic (exact) mass is 264 g/mol. The van der Waals surface area contributed by atoms with E-state index in [-0.39, 0.29) is 11.4 Å². The molecule has 3 N–H and O–H groups in total. The first-order chi connectivity index (χ1) is 9.06. The highest BCUT2D eigenvalue weighted by Crippen LogP contribution is 2.25. The summed E-state index contributed by atoms with van der Waals surface area (Å²) in [5, 5.41) is 14.0. The van der Waals surface area contributed by atoms with Gasteiger partial charge in [0.05, 0.1) is 4.92 Å². The SMILES string of the molecule is CN1CCC(CNc2ccc([N+](=O)[O-])c(N)c2)CC1. The Morgan fingerprint density at radius 3 is 2.74 bits per heavy atom. The first-order valence-corrected chi connectivity index (χ1v) is 6.52. The predicted octanol–water partition coefficient (Wildman–Crippen LogP) is 1.93. The molecule has 1 saturated heterocycles. The van der Waals surface area contributed by atoms with Gasteiger partial charge in [0.15, 0.2) is 0 Å². The second-order valence-corrected chi connectivity index (χ2v) is 5.16. The summed E-state index contributed by atoms with van der Waals surface area (Å²) in [5.41, 5.74) is 6.68. The molecular formula is C13H20N4O2. The quantitative estimate of drug-likeness (QED) is 0.493. The summed E-state index contributed by atoms with van der Waals surface area (Å²) in [7, 11) is 2.14. The number of nitrogens with zero attached hydrogens (tertiary/aromatic N) is 2. The number of hydrogen-bond donors (Lipinski definition) is 2. The summed E-state index contributed by atoms with van der Waals surface area (Å²) >= 11 is 0. The van der Waals surface area contributed by atoms with Crippen LogP contribution in [0.2, 0.25) is 0 Å². The number of nitrogen functional groups attached to an aromatic ring is 1. The summed E-state index contributed by atoms with van der Waals surface area (Å²) in [6, 6.07) is 4.79. The van der Waals surface area contributed by atoms with Crippen LogP contribution in [0, 0.1) is 16.0 Å². The summed E-state index contributed by atoms with van der Waals surface area (Å²) in [6.07, 6.45) is 2.37. The van der Waals surface area contributed by atoms with Gasteiger partial charge < -0.3 is 16.0 Å². The highest BCUT2D eigenvalue weighted by atomic mass is 16.6. The number of nitro benzene ring substituents is 1. The first-order valence-electron chi connectivity index (χ1n) is 6.52. The van der Waals surface area contributed by atoms with Crippen molar-refractivity contribution in [2.75, 3.05) is 37.7 Å². The molecule has 1 aromatic carbocycles. The molecule has 19 heavy (non-hydrogen) atoms. The lowest BCUT2D eigenvalue weighted by atomic mass is 9.97. The Hall–Kier alpha value is -1.82. The molecule has 2 rings (SSSR count). The Morgan fingerprint density at radius 1 is 1.47 bits per heavy atom. The van der Waals surface area contributed by atoms with Gasteiger partial charge in [0, 0.05) is 18.3 Å². The van der Waals surface area contributed by atoms with Gasteiger partial charge in [-0.2, -0.15) is 0 Å². The standard InChI is InChI=1S/C13H20N4O2/c1-16-6-4-10(5-7-16)9-15-11-2-3-13(17(18)19)12(14)8-11/h2-3,8,10,15H,4-7,9,14H2,1H3. The van der Waals surface area contributed by atoms with Crippen LogP contribution in [0.15, 0.2) is 18.2 Å². The molecule has 104 valence electrons. The molecule has 0 spiro atoms. The smallest absolute Gasteiger partial charge is 0.292 e. The number of nitrogens with one attached hydrogen (secondary N) is 1. The lowest BCUT2D eigenvalue weighted by Crippen LogP contribution is -2.32. The molecule has 0 aromatic heterocycles. The van der Waals surface area contributed by atoms with Gasteiger partial charge in [0.2, 0.25) is 0 Å². The van der Waals surface area contributed by atoms with E-state index in [4.69, 9.17) is 5.73 Å². The highest BCUT2D eigenvalue weighted by molar-refractivity contribution is 5.65. The topological polar surface area (TPSA) is 84.4 Å². The van der Waals surface area contributed by atoms with Crippen LogP contribution >= 0.6 is 0 Å². The van der Waals surface area contributed by atoms with Gasteiger partial charge in [-0.15, -0.1) is 0 Å². The van der Waals surface area contributed by atoms with E-state index in [1.165, 1.54) is 18.9 Å². The number of hydrogen-bond acceptors (Lipinski definition) is 5. The number of anilines is 2. The van der Waals surface area contributed by atoms with Crippen molar-refractivity contribution < 1.29 is 4.92 Å². The van der Waals surface area contributed by atoms with Crippen LogP contribution in [0.3, 0.4) is 0 Å². The Morgan fingerprint density at radius 2 is 2.16 bits per heavy atom. The highest BCUT2D eigenvalue weighted by Gasteiger charge is 2.17. The third-order valence-corrected chi connectivity index (χ3v) is 3.66. The number of rotatable bonds is 4. The second-order valence-electron chi connectivity index (χ2n) is 5.16. The van der Waals surface area contributed by atoms with E-state index >= 15 is 0 Å². The van der Waals surface area contributed by atoms with Crippen molar-refractivity contribution in [3.8, 4) is 0 Å². The maximum Gasteiger partial charge on any atom is 0.292 e. The molecule has 0 amide bonds. The van der Waals surface area contributed by atoms with E-state index in [1.54, 1.807) is 12.1 Å². The maximum absolute atomic E-state index is 10.7. The van der Waals surface area contributed by atoms with Crippen molar-refractivity contribution in [2.45, 2.75) is 12.8 Å². The minimum absolute atomic E-state index is 0.0372. The molecule has 0 saturated carbocycles. The third-order valence-electron chi connectivity index (χ3n) is 3.66. The van der Waals surface area contributed by atoms with Crippen LogP contribution in [-0.2, 0) is 0 Å². The third kappa shape index (κ3) is 3.57. The van der Waals surface area contributed by atoms with Crippen molar-refractivity contribution >= 4 is 17.1 Å². The Bertz CT molecular complexity index is 456. The van der Waals surface area contributed by atoms with E-state index in [0.717, 1.165) is 25.3 Å². The van der Waals surface area contributed by atoms with Gasteiger partial charge in [-0.1, -0.05) is 0 Å². The Labute approximate surface area is 112 Å². The van der Waals surface area contributed by atoms with Crippen molar-refractivity contribution in [1.29, 1.82) is 0 Å². The molecule has 1 fully saturated rings. The molecular weight excluding hydrogens is 244 g/mol. The summed E-state index contributed by atoms with van der Waals surface area (Å²) in [4.78, 5) is 12.5. The summed E-state index contributed by atoms with van der Waals surface area (Å²) < 4.78 is 0. The van der Waals surface area contributed by atoms with Gasteiger partial charge >= 0.3 is 0 Å². The maximum atomic E-state index is 10.7. The van der Waals surface area contributed by atoms with Crippen LogP contribution < -0.4 is 11.1 Å². The summed E-state index contributed by atoms with van der Waals surface area (Å²) in [6.45, 7) is 3.16. The number of benzene rings is 1. The van der Waals surface area contributed by atoms with Crippen LogP contribution in [0.4, 0.5) is 17.1 Å². The predicted molar refractivity (Wildman–Crippen MR) is 76.2 cm³/mol. The molecule has 0 radical (unpaired) electrons. The fourth-order valence-electron chi connectivity index (χ4n) is 2.36. The minimum atomic E-state index is -0.462. The van der Waals surface area contributed by atoms with Crippen molar-refractivity contribution in [1.82, 2.24) is 4.90 Å². The average Bonchev–Trinajstić information content (AvgIpc) is 2.37. The zero-order valence-electron chi connectivity index (χ0n) is 11.1. The lowest BCUT2D eigenvalue weighted by molar-refractivity contribution is -0.383. The molecule has 1 aliphatic heterocycles. The van der Waals surface area contributed by atoms with Crippen molar-refractivity contribution in [3.05, 3.63) is 28.3 Å². The zero-order valence-corrected chi connectivity index (χ0v) is 11.1. The molecule has 1 aliphatic rings. The van der Waals surface area contributed by atoms with E-state index in [9.17, 15) is 10.1 Å². The summed E-state index contributed by atoms with van der Waals surface area (Å²) in [5.74, 6) is 0.660. The molecule has 0 bridgehead atoms. The molecule has 6 nitrogen and oxygen atoms in total. The van der Waals surface area contributed by atoms with E-state index in [0.29, 0.717) is 5.92 Å². The fourth-order valence-corrected chi connectivity index (χ4v) is 2.36. The molecule has 0 aliphatic carbocycles. The van der Waals surface area contributed by atoms with Gasteiger partial charge in [0.1, 0.15) is 5.69 Å². The van der Waals surface area contributed by atoms with E-state index < -0.39 is 4.92 Å². The average molecular weight is 264 g/mol.